The molecule has 0 bridgehead atoms. The van der Waals surface area contributed by atoms with Gasteiger partial charge in [0, 0.05) is 23.1 Å². The summed E-state index contributed by atoms with van der Waals surface area (Å²) in [7, 11) is 0. The van der Waals surface area contributed by atoms with Gasteiger partial charge in [-0.2, -0.15) is 0 Å². The van der Waals surface area contributed by atoms with Crippen LogP contribution in [0.15, 0.2) is 48.5 Å². The molecule has 0 heterocycles. The van der Waals surface area contributed by atoms with Crippen molar-refractivity contribution in [2.45, 2.75) is 64.6 Å². The molecule has 0 aliphatic carbocycles. The number of unbranched alkanes of at least 4 members (excludes halogenated alkanes) is 5. The Kier molecular flexibility index (Phi) is 12.6. The molecule has 0 saturated heterocycles. The van der Waals surface area contributed by atoms with Crippen molar-refractivity contribution < 1.29 is 19.1 Å². The molecule has 2 rings (SSSR count). The first-order chi connectivity index (χ1) is 16.3. The van der Waals surface area contributed by atoms with Crippen molar-refractivity contribution in [1.82, 2.24) is 10.6 Å². The molecule has 0 saturated carbocycles. The van der Waals surface area contributed by atoms with Crippen molar-refractivity contribution in [3.63, 3.8) is 0 Å². The highest BCUT2D eigenvalue weighted by molar-refractivity contribution is 6.31. The highest BCUT2D eigenvalue weighted by atomic mass is 35.5. The van der Waals surface area contributed by atoms with E-state index in [4.69, 9.17) is 32.7 Å². The molecule has 2 atom stereocenters. The number of carbonyl (C=O) groups is 2. The van der Waals surface area contributed by atoms with Crippen LogP contribution in [0.25, 0.3) is 0 Å². The lowest BCUT2D eigenvalue weighted by Crippen LogP contribution is -2.36. The summed E-state index contributed by atoms with van der Waals surface area (Å²) in [4.78, 5) is 24.3. The van der Waals surface area contributed by atoms with Crippen LogP contribution in [0.4, 0.5) is 0 Å². The molecule has 6 nitrogen and oxygen atoms in total. The molecule has 2 unspecified atom stereocenters. The molecule has 186 valence electrons. The van der Waals surface area contributed by atoms with Crippen molar-refractivity contribution in [1.29, 1.82) is 0 Å². The summed E-state index contributed by atoms with van der Waals surface area (Å²) >= 11 is 11.9. The van der Waals surface area contributed by atoms with Crippen LogP contribution in [0.2, 0.25) is 10.0 Å². The van der Waals surface area contributed by atoms with Gasteiger partial charge in [-0.05, 0) is 63.1 Å². The predicted octanol–water partition coefficient (Wildman–Crippen LogP) is 5.80. The van der Waals surface area contributed by atoms with E-state index < -0.39 is 12.2 Å². The average molecular weight is 509 g/mol. The van der Waals surface area contributed by atoms with Gasteiger partial charge in [-0.15, -0.1) is 0 Å². The lowest BCUT2D eigenvalue weighted by Gasteiger charge is -2.15. The topological polar surface area (TPSA) is 76.7 Å². The molecular weight excluding hydrogens is 475 g/mol. The van der Waals surface area contributed by atoms with Gasteiger partial charge in [0.1, 0.15) is 11.5 Å². The third-order valence-corrected chi connectivity index (χ3v) is 5.63. The molecule has 0 fully saturated rings. The SMILES string of the molecule is CC(Oc1cccc(Cl)c1)C(=O)NCCCCCCCCNC(=O)C(C)Oc1cccc(Cl)c1. The normalized spacial score (nSPS) is 12.5. The second-order valence-electron chi connectivity index (χ2n) is 8.14. The Hall–Kier alpha value is -2.44. The first kappa shape index (κ1) is 27.8. The minimum Gasteiger partial charge on any atom is -0.481 e. The van der Waals surface area contributed by atoms with Gasteiger partial charge in [-0.3, -0.25) is 9.59 Å². The first-order valence-electron chi connectivity index (χ1n) is 11.7. The zero-order chi connectivity index (χ0) is 24.8. The van der Waals surface area contributed by atoms with Crippen molar-refractivity contribution >= 4 is 35.0 Å². The van der Waals surface area contributed by atoms with Crippen LogP contribution in [0.1, 0.15) is 52.4 Å². The van der Waals surface area contributed by atoms with E-state index in [1.165, 1.54) is 0 Å². The van der Waals surface area contributed by atoms with Crippen LogP contribution in [-0.2, 0) is 9.59 Å². The number of amides is 2. The molecule has 0 aliphatic heterocycles. The fraction of sp³-hybridized carbons (Fsp3) is 0.462. The molecule has 2 N–H and O–H groups in total. The summed E-state index contributed by atoms with van der Waals surface area (Å²) in [5, 5.41) is 6.96. The number of rotatable bonds is 15. The van der Waals surface area contributed by atoms with Crippen molar-refractivity contribution in [2.24, 2.45) is 0 Å². The summed E-state index contributed by atoms with van der Waals surface area (Å²) < 4.78 is 11.2. The standard InChI is InChI=1S/C26H34Cl2N2O4/c1-19(33-23-13-9-11-21(27)17-23)25(31)29-15-7-5-3-4-6-8-16-30-26(32)20(2)34-24-14-10-12-22(28)18-24/h9-14,17-20H,3-8,15-16H2,1-2H3,(H,29,31)(H,30,32). The monoisotopic (exact) mass is 508 g/mol. The molecule has 0 spiro atoms. The zero-order valence-corrected chi connectivity index (χ0v) is 21.3. The van der Waals surface area contributed by atoms with Crippen LogP contribution >= 0.6 is 23.2 Å². The van der Waals surface area contributed by atoms with Gasteiger partial charge in [-0.1, -0.05) is 61.0 Å². The van der Waals surface area contributed by atoms with Crippen LogP contribution in [0.3, 0.4) is 0 Å². The van der Waals surface area contributed by atoms with Crippen LogP contribution in [0.5, 0.6) is 11.5 Å². The number of hydrogen-bond donors (Lipinski definition) is 2. The number of benzene rings is 2. The lowest BCUT2D eigenvalue weighted by atomic mass is 10.1. The van der Waals surface area contributed by atoms with Crippen LogP contribution in [-0.4, -0.2) is 37.1 Å². The predicted molar refractivity (Wildman–Crippen MR) is 137 cm³/mol. The maximum atomic E-state index is 12.1. The molecule has 0 radical (unpaired) electrons. The van der Waals surface area contributed by atoms with Gasteiger partial charge in [0.15, 0.2) is 12.2 Å². The fourth-order valence-electron chi connectivity index (χ4n) is 3.26. The van der Waals surface area contributed by atoms with E-state index in [9.17, 15) is 9.59 Å². The largest absolute Gasteiger partial charge is 0.481 e. The molecule has 0 aliphatic rings. The van der Waals surface area contributed by atoms with E-state index in [1.54, 1.807) is 62.4 Å². The number of halogens is 2. The maximum Gasteiger partial charge on any atom is 0.260 e. The molecule has 8 heteroatoms. The summed E-state index contributed by atoms with van der Waals surface area (Å²) in [6.07, 6.45) is 4.95. The zero-order valence-electron chi connectivity index (χ0n) is 19.8. The van der Waals surface area contributed by atoms with Gasteiger partial charge in [0.2, 0.25) is 0 Å². The number of carbonyl (C=O) groups excluding carboxylic acids is 2. The first-order valence-corrected chi connectivity index (χ1v) is 12.5. The maximum absolute atomic E-state index is 12.1. The van der Waals surface area contributed by atoms with Gasteiger partial charge < -0.3 is 20.1 Å². The molecule has 2 aromatic rings. The van der Waals surface area contributed by atoms with Gasteiger partial charge >= 0.3 is 0 Å². The van der Waals surface area contributed by atoms with E-state index in [2.05, 4.69) is 10.6 Å². The molecule has 2 aromatic carbocycles. The Labute approximate surface area is 212 Å². The van der Waals surface area contributed by atoms with E-state index in [1.807, 2.05) is 0 Å². The Morgan fingerprint density at radius 3 is 1.47 bits per heavy atom. The second-order valence-corrected chi connectivity index (χ2v) is 9.01. The Balaban J connectivity index is 1.45. The Morgan fingerprint density at radius 1 is 0.706 bits per heavy atom. The number of ether oxygens (including phenoxy) is 2. The summed E-state index contributed by atoms with van der Waals surface area (Å²) in [5.41, 5.74) is 0. The van der Waals surface area contributed by atoms with E-state index in [0.29, 0.717) is 34.6 Å². The molecule has 34 heavy (non-hydrogen) atoms. The summed E-state index contributed by atoms with van der Waals surface area (Å²) in [6, 6.07) is 14.0. The third-order valence-electron chi connectivity index (χ3n) is 5.16. The van der Waals surface area contributed by atoms with Crippen LogP contribution < -0.4 is 20.1 Å². The van der Waals surface area contributed by atoms with E-state index in [0.717, 1.165) is 38.5 Å². The van der Waals surface area contributed by atoms with Gasteiger partial charge in [0.05, 0.1) is 0 Å². The molecule has 0 aromatic heterocycles. The Morgan fingerprint density at radius 2 is 1.09 bits per heavy atom. The molecule has 2 amide bonds. The van der Waals surface area contributed by atoms with Crippen molar-refractivity contribution in [2.75, 3.05) is 13.1 Å². The highest BCUT2D eigenvalue weighted by Crippen LogP contribution is 2.19. The van der Waals surface area contributed by atoms with Crippen LogP contribution in [0, 0.1) is 0 Å². The smallest absolute Gasteiger partial charge is 0.260 e. The van der Waals surface area contributed by atoms with Crippen molar-refractivity contribution in [3.8, 4) is 11.5 Å². The quantitative estimate of drug-likeness (QED) is 0.298. The number of hydrogen-bond acceptors (Lipinski definition) is 4. The van der Waals surface area contributed by atoms with Gasteiger partial charge in [0.25, 0.3) is 11.8 Å². The average Bonchev–Trinajstić information content (AvgIpc) is 2.80. The minimum absolute atomic E-state index is 0.135. The van der Waals surface area contributed by atoms with Gasteiger partial charge in [-0.25, -0.2) is 0 Å². The fourth-order valence-corrected chi connectivity index (χ4v) is 3.62. The summed E-state index contributed by atoms with van der Waals surface area (Å²) in [6.45, 7) is 4.70. The second kappa shape index (κ2) is 15.5. The lowest BCUT2D eigenvalue weighted by molar-refractivity contribution is -0.127. The van der Waals surface area contributed by atoms with E-state index in [-0.39, 0.29) is 11.8 Å². The van der Waals surface area contributed by atoms with E-state index >= 15 is 0 Å². The number of nitrogens with one attached hydrogen (secondary N) is 2. The minimum atomic E-state index is -0.577. The molecular formula is C26H34Cl2N2O4. The Bertz CT molecular complexity index is 836. The highest BCUT2D eigenvalue weighted by Gasteiger charge is 2.15. The summed E-state index contributed by atoms with van der Waals surface area (Å²) in [5.74, 6) is 0.887. The van der Waals surface area contributed by atoms with Crippen molar-refractivity contribution in [3.05, 3.63) is 58.6 Å². The third kappa shape index (κ3) is 11.1.